The first-order valence-electron chi connectivity index (χ1n) is 21.1. The van der Waals surface area contributed by atoms with E-state index in [9.17, 15) is 0 Å². The summed E-state index contributed by atoms with van der Waals surface area (Å²) in [5.74, 6) is 0. The molecule has 0 bridgehead atoms. The summed E-state index contributed by atoms with van der Waals surface area (Å²) in [7, 11) is 0. The summed E-state index contributed by atoms with van der Waals surface area (Å²) in [5, 5.41) is 0. The molecule has 282 valence electrons. The van der Waals surface area contributed by atoms with Gasteiger partial charge in [0.1, 0.15) is 0 Å². The summed E-state index contributed by atoms with van der Waals surface area (Å²) in [6.45, 7) is 13.8. The van der Waals surface area contributed by atoms with Crippen molar-refractivity contribution in [1.82, 2.24) is 0 Å². The van der Waals surface area contributed by atoms with E-state index in [0.717, 1.165) is 0 Å². The third kappa shape index (κ3) is 4.59. The zero-order chi connectivity index (χ0) is 39.9. The van der Waals surface area contributed by atoms with E-state index in [2.05, 4.69) is 215 Å². The molecular formula is C56H45BN2. The van der Waals surface area contributed by atoms with Crippen molar-refractivity contribution in [1.29, 1.82) is 0 Å². The van der Waals surface area contributed by atoms with E-state index in [1.807, 2.05) is 0 Å². The number of hydrogen-bond acceptors (Lipinski definition) is 2. The third-order valence-electron chi connectivity index (χ3n) is 13.7. The van der Waals surface area contributed by atoms with Gasteiger partial charge in [0, 0.05) is 34.1 Å². The molecule has 12 rings (SSSR count). The van der Waals surface area contributed by atoms with Crippen molar-refractivity contribution >= 4 is 57.2 Å². The number of benzene rings is 8. The maximum absolute atomic E-state index is 2.59. The van der Waals surface area contributed by atoms with E-state index in [0.29, 0.717) is 0 Å². The van der Waals surface area contributed by atoms with Gasteiger partial charge < -0.3 is 9.80 Å². The van der Waals surface area contributed by atoms with Gasteiger partial charge in [-0.3, -0.25) is 0 Å². The number of anilines is 6. The largest absolute Gasteiger partial charge is 0.311 e. The molecule has 0 aromatic heterocycles. The van der Waals surface area contributed by atoms with Gasteiger partial charge in [-0.2, -0.15) is 0 Å². The Morgan fingerprint density at radius 1 is 0.407 bits per heavy atom. The van der Waals surface area contributed by atoms with Crippen molar-refractivity contribution in [3.63, 3.8) is 0 Å². The molecule has 0 saturated carbocycles. The molecule has 2 heterocycles. The molecule has 0 fully saturated rings. The van der Waals surface area contributed by atoms with Crippen LogP contribution in [0.15, 0.2) is 164 Å². The van der Waals surface area contributed by atoms with Crippen LogP contribution in [0.3, 0.4) is 0 Å². The van der Waals surface area contributed by atoms with Crippen LogP contribution in [0, 0.1) is 20.8 Å². The van der Waals surface area contributed by atoms with E-state index in [-0.39, 0.29) is 17.5 Å². The van der Waals surface area contributed by atoms with Gasteiger partial charge in [-0.25, -0.2) is 0 Å². The van der Waals surface area contributed by atoms with E-state index in [1.165, 1.54) is 117 Å². The van der Waals surface area contributed by atoms with Gasteiger partial charge in [0.15, 0.2) is 0 Å². The quantitative estimate of drug-likeness (QED) is 0.162. The second-order valence-electron chi connectivity index (χ2n) is 18.4. The van der Waals surface area contributed by atoms with Crippen molar-refractivity contribution in [3.05, 3.63) is 208 Å². The Bertz CT molecular complexity index is 3040. The molecule has 1 spiro atoms. The molecule has 0 atom stereocenters. The van der Waals surface area contributed by atoms with Crippen molar-refractivity contribution in [2.75, 3.05) is 9.80 Å². The molecule has 0 saturated heterocycles. The Hall–Kier alpha value is -6.58. The Balaban J connectivity index is 1.15. The van der Waals surface area contributed by atoms with Gasteiger partial charge in [0.25, 0.3) is 6.71 Å². The lowest BCUT2D eigenvalue weighted by Gasteiger charge is -2.45. The molecule has 2 aliphatic heterocycles. The summed E-state index contributed by atoms with van der Waals surface area (Å²) in [5.41, 5.74) is 26.9. The maximum atomic E-state index is 2.59. The number of hydrogen-bond donors (Lipinski definition) is 0. The van der Waals surface area contributed by atoms with Crippen LogP contribution in [-0.2, 0) is 10.8 Å². The van der Waals surface area contributed by atoms with Crippen LogP contribution in [0.25, 0.3) is 22.3 Å². The minimum absolute atomic E-state index is 0.0861. The predicted molar refractivity (Wildman–Crippen MR) is 250 cm³/mol. The molecule has 8 aromatic carbocycles. The highest BCUT2D eigenvalue weighted by atomic mass is 15.2. The summed E-state index contributed by atoms with van der Waals surface area (Å²) in [4.78, 5) is 5.15. The SMILES string of the molecule is Cc1cc(C)cc(N2c3cc(C)ccc3B3c4ccccc4N(c4ccc5c(c4)-c4ccccc4C54c5ccccc5-c5ccccc54)c4cc(C(C)(C)C)cc2c43)c1. The average Bonchev–Trinajstić information content (AvgIpc) is 3.69. The Kier molecular flexibility index (Phi) is 7.00. The van der Waals surface area contributed by atoms with Crippen molar-refractivity contribution in [3.8, 4) is 22.3 Å². The summed E-state index contributed by atoms with van der Waals surface area (Å²) >= 11 is 0. The number of aryl methyl sites for hydroxylation is 3. The third-order valence-corrected chi connectivity index (χ3v) is 13.7. The van der Waals surface area contributed by atoms with Gasteiger partial charge in [-0.1, -0.05) is 136 Å². The first-order chi connectivity index (χ1) is 28.6. The zero-order valence-corrected chi connectivity index (χ0v) is 34.6. The van der Waals surface area contributed by atoms with Crippen molar-refractivity contribution < 1.29 is 0 Å². The lowest BCUT2D eigenvalue weighted by atomic mass is 9.33. The first-order valence-corrected chi connectivity index (χ1v) is 21.1. The highest BCUT2D eigenvalue weighted by molar-refractivity contribution is 7.00. The van der Waals surface area contributed by atoms with Crippen LogP contribution >= 0.6 is 0 Å². The number of para-hydroxylation sites is 1. The smallest absolute Gasteiger partial charge is 0.252 e. The van der Waals surface area contributed by atoms with Crippen LogP contribution in [0.4, 0.5) is 34.1 Å². The molecule has 0 unspecified atom stereocenters. The molecule has 2 nitrogen and oxygen atoms in total. The molecule has 3 heteroatoms. The topological polar surface area (TPSA) is 6.48 Å². The summed E-state index contributed by atoms with van der Waals surface area (Å²) < 4.78 is 0. The maximum Gasteiger partial charge on any atom is 0.252 e. The molecule has 4 aliphatic rings. The van der Waals surface area contributed by atoms with E-state index in [1.54, 1.807) is 0 Å². The van der Waals surface area contributed by atoms with Gasteiger partial charge in [0.2, 0.25) is 0 Å². The molecule has 59 heavy (non-hydrogen) atoms. The van der Waals surface area contributed by atoms with Crippen molar-refractivity contribution in [2.45, 2.75) is 52.4 Å². The molecule has 0 amide bonds. The Morgan fingerprint density at radius 2 is 0.932 bits per heavy atom. The van der Waals surface area contributed by atoms with E-state index < -0.39 is 0 Å². The van der Waals surface area contributed by atoms with Gasteiger partial charge in [-0.05, 0) is 158 Å². The van der Waals surface area contributed by atoms with Crippen LogP contribution in [-0.4, -0.2) is 6.71 Å². The number of fused-ring (bicyclic) bond motifs is 14. The number of rotatable bonds is 2. The normalized spacial score (nSPS) is 14.6. The average molecular weight is 757 g/mol. The monoisotopic (exact) mass is 756 g/mol. The van der Waals surface area contributed by atoms with Crippen LogP contribution in [0.1, 0.15) is 65.3 Å². The van der Waals surface area contributed by atoms with E-state index >= 15 is 0 Å². The Morgan fingerprint density at radius 3 is 1.56 bits per heavy atom. The van der Waals surface area contributed by atoms with Gasteiger partial charge in [-0.15, -0.1) is 0 Å². The molecule has 8 aromatic rings. The van der Waals surface area contributed by atoms with Crippen LogP contribution in [0.5, 0.6) is 0 Å². The fourth-order valence-corrected chi connectivity index (χ4v) is 11.3. The predicted octanol–water partition coefficient (Wildman–Crippen LogP) is 12.3. The molecule has 0 N–H and O–H groups in total. The van der Waals surface area contributed by atoms with Gasteiger partial charge in [0.05, 0.1) is 5.41 Å². The summed E-state index contributed by atoms with van der Waals surface area (Å²) in [6, 6.07) is 63.0. The fourth-order valence-electron chi connectivity index (χ4n) is 11.3. The standard InChI is InChI=1S/C56H45BN2/c1-34-23-26-49-51(30-34)59(39-28-35(2)27-36(3)29-39)53-32-37(55(4,5)6)31-52-54(53)57(49)48-21-13-14-22-50(48)58(52)38-24-25-47-43(33-38)42-17-9-12-20-46(42)56(47)44-18-10-7-15-40(44)41-16-8-11-19-45(41)56/h7-33H,1-6H3. The molecule has 0 radical (unpaired) electrons. The minimum Gasteiger partial charge on any atom is -0.311 e. The zero-order valence-electron chi connectivity index (χ0n) is 34.6. The number of nitrogens with zero attached hydrogens (tertiary/aromatic N) is 2. The first kappa shape index (κ1) is 34.5. The lowest BCUT2D eigenvalue weighted by Crippen LogP contribution is -2.61. The minimum atomic E-state index is -0.373. The molecular weight excluding hydrogens is 711 g/mol. The Labute approximate surface area is 348 Å². The van der Waals surface area contributed by atoms with Crippen molar-refractivity contribution in [2.24, 2.45) is 0 Å². The lowest BCUT2D eigenvalue weighted by molar-refractivity contribution is 0.590. The highest BCUT2D eigenvalue weighted by Crippen LogP contribution is 2.63. The second-order valence-corrected chi connectivity index (χ2v) is 18.4. The van der Waals surface area contributed by atoms with Gasteiger partial charge >= 0.3 is 0 Å². The fraction of sp³-hybridized carbons (Fsp3) is 0.143. The second kappa shape index (κ2) is 12.0. The van der Waals surface area contributed by atoms with E-state index in [4.69, 9.17) is 0 Å². The summed E-state index contributed by atoms with van der Waals surface area (Å²) in [6.07, 6.45) is 0. The van der Waals surface area contributed by atoms with Crippen LogP contribution < -0.4 is 26.2 Å². The molecule has 2 aliphatic carbocycles. The highest BCUT2D eigenvalue weighted by Gasteiger charge is 2.52. The van der Waals surface area contributed by atoms with Crippen LogP contribution in [0.2, 0.25) is 0 Å².